The van der Waals surface area contributed by atoms with Gasteiger partial charge in [0.15, 0.2) is 0 Å². The van der Waals surface area contributed by atoms with Crippen LogP contribution in [0.2, 0.25) is 4.44 Å². The second-order valence-corrected chi connectivity index (χ2v) is 4.54. The second-order valence-electron chi connectivity index (χ2n) is 3.12. The zero-order valence-electron chi connectivity index (χ0n) is 9.65. The molecular formula is C10H24NO3Sn. The molecule has 91 valence electrons. The van der Waals surface area contributed by atoms with Gasteiger partial charge in [0.25, 0.3) is 0 Å². The van der Waals surface area contributed by atoms with Gasteiger partial charge in [-0.2, -0.15) is 0 Å². The smallest absolute Gasteiger partial charge is 0.0558 e. The van der Waals surface area contributed by atoms with Gasteiger partial charge in [-0.3, -0.25) is 4.90 Å². The van der Waals surface area contributed by atoms with Gasteiger partial charge in [0.2, 0.25) is 0 Å². The summed E-state index contributed by atoms with van der Waals surface area (Å²) in [6, 6.07) is 0. The van der Waals surface area contributed by atoms with E-state index in [9.17, 15) is 0 Å². The number of hydrogen-bond donors (Lipinski definition) is 3. The van der Waals surface area contributed by atoms with Gasteiger partial charge in [-0.05, 0) is 0 Å². The summed E-state index contributed by atoms with van der Waals surface area (Å²) in [6.07, 6.45) is 2.80. The van der Waals surface area contributed by atoms with E-state index in [0.29, 0.717) is 19.6 Å². The summed E-state index contributed by atoms with van der Waals surface area (Å²) >= 11 is 1.68. The predicted molar refractivity (Wildman–Crippen MR) is 63.2 cm³/mol. The van der Waals surface area contributed by atoms with Gasteiger partial charge >= 0.3 is 46.7 Å². The van der Waals surface area contributed by atoms with Crippen LogP contribution < -0.4 is 0 Å². The summed E-state index contributed by atoms with van der Waals surface area (Å²) in [4.78, 5) is 1.79. The van der Waals surface area contributed by atoms with Gasteiger partial charge in [0.1, 0.15) is 0 Å². The minimum absolute atomic E-state index is 0.0694. The maximum Gasteiger partial charge on any atom is 0.0558 e. The molecule has 0 amide bonds. The number of nitrogens with zero attached hydrogens (tertiary/aromatic N) is 1. The third kappa shape index (κ3) is 17.3. The molecular weight excluding hydrogens is 301 g/mol. The Morgan fingerprint density at radius 2 is 1.33 bits per heavy atom. The van der Waals surface area contributed by atoms with E-state index in [0.717, 1.165) is 0 Å². The monoisotopic (exact) mass is 326 g/mol. The molecule has 3 radical (unpaired) electrons. The molecule has 0 fully saturated rings. The normalized spacial score (nSPS) is 10.0. The van der Waals surface area contributed by atoms with Crippen LogP contribution in [0.5, 0.6) is 0 Å². The zero-order valence-corrected chi connectivity index (χ0v) is 12.5. The van der Waals surface area contributed by atoms with Gasteiger partial charge in [-0.1, -0.05) is 0 Å². The summed E-state index contributed by atoms with van der Waals surface area (Å²) < 4.78 is 1.43. The predicted octanol–water partition coefficient (Wildman–Crippen LogP) is -0.361. The molecule has 0 aromatic heterocycles. The van der Waals surface area contributed by atoms with Crippen LogP contribution in [0.4, 0.5) is 0 Å². The standard InChI is InChI=1S/C6H15NO3.C4H9.Sn/c8-4-1-7(2-5-9)3-6-10;1-3-4-2;/h8-10H,1-6H2;1,3-4H2,2H3;. The van der Waals surface area contributed by atoms with Crippen molar-refractivity contribution in [2.75, 3.05) is 39.5 Å². The van der Waals surface area contributed by atoms with Gasteiger partial charge in [0.05, 0.1) is 19.8 Å². The second kappa shape index (κ2) is 17.0. The van der Waals surface area contributed by atoms with Gasteiger partial charge < -0.3 is 15.3 Å². The maximum atomic E-state index is 8.48. The van der Waals surface area contributed by atoms with Crippen molar-refractivity contribution in [3.05, 3.63) is 0 Å². The van der Waals surface area contributed by atoms with Crippen LogP contribution >= 0.6 is 0 Å². The summed E-state index contributed by atoms with van der Waals surface area (Å²) in [7, 11) is 0. The molecule has 0 aliphatic carbocycles. The quantitative estimate of drug-likeness (QED) is 0.534. The van der Waals surface area contributed by atoms with Crippen molar-refractivity contribution in [1.29, 1.82) is 0 Å². The van der Waals surface area contributed by atoms with Gasteiger partial charge in [-0.15, -0.1) is 0 Å². The molecule has 3 N–H and O–H groups in total. The summed E-state index contributed by atoms with van der Waals surface area (Å²) in [5.74, 6) is 0. The summed E-state index contributed by atoms with van der Waals surface area (Å²) in [6.45, 7) is 3.98. The largest absolute Gasteiger partial charge is 0.395 e. The Hall–Kier alpha value is 0.639. The minimum atomic E-state index is 0.0694. The van der Waals surface area contributed by atoms with Crippen molar-refractivity contribution in [3.63, 3.8) is 0 Å². The van der Waals surface area contributed by atoms with Crippen LogP contribution in [-0.4, -0.2) is 82.2 Å². The SMILES string of the molecule is CCC[CH2][Sn].OCCN(CCO)CCO. The van der Waals surface area contributed by atoms with Crippen molar-refractivity contribution in [3.8, 4) is 0 Å². The van der Waals surface area contributed by atoms with Crippen LogP contribution in [0, 0.1) is 0 Å². The molecule has 0 aliphatic rings. The molecule has 15 heavy (non-hydrogen) atoms. The number of hydrogen-bond acceptors (Lipinski definition) is 4. The first kappa shape index (κ1) is 18.0. The molecule has 0 unspecified atom stereocenters. The molecule has 0 heterocycles. The van der Waals surface area contributed by atoms with Gasteiger partial charge in [0, 0.05) is 19.6 Å². The number of unbranched alkanes of at least 4 members (excludes halogenated alkanes) is 1. The molecule has 0 aromatic carbocycles. The Kier molecular flexibility index (Phi) is 20.5. The van der Waals surface area contributed by atoms with E-state index in [1.165, 1.54) is 17.3 Å². The number of aliphatic hydroxyl groups is 3. The molecule has 0 saturated carbocycles. The topological polar surface area (TPSA) is 63.9 Å². The van der Waals surface area contributed by atoms with Crippen LogP contribution in [0.25, 0.3) is 0 Å². The van der Waals surface area contributed by atoms with E-state index in [4.69, 9.17) is 15.3 Å². The Morgan fingerprint density at radius 3 is 1.47 bits per heavy atom. The average molecular weight is 325 g/mol. The third-order valence-electron chi connectivity index (χ3n) is 1.78. The van der Waals surface area contributed by atoms with Gasteiger partial charge in [-0.25, -0.2) is 0 Å². The Bertz CT molecular complexity index is 90.4. The molecule has 0 spiro atoms. The Balaban J connectivity index is 0. The van der Waals surface area contributed by atoms with Crippen molar-refractivity contribution in [2.45, 2.75) is 24.2 Å². The minimum Gasteiger partial charge on any atom is -0.395 e. The van der Waals surface area contributed by atoms with Crippen LogP contribution in [0.1, 0.15) is 19.8 Å². The van der Waals surface area contributed by atoms with E-state index in [2.05, 4.69) is 6.92 Å². The Labute approximate surface area is 106 Å². The first-order valence-electron chi connectivity index (χ1n) is 5.46. The van der Waals surface area contributed by atoms with E-state index in [1.54, 1.807) is 27.4 Å². The molecule has 4 nitrogen and oxygen atoms in total. The molecule has 0 atom stereocenters. The van der Waals surface area contributed by atoms with Crippen LogP contribution in [-0.2, 0) is 0 Å². The molecule has 5 heteroatoms. The van der Waals surface area contributed by atoms with Crippen molar-refractivity contribution in [2.24, 2.45) is 0 Å². The fourth-order valence-electron chi connectivity index (χ4n) is 0.936. The molecule has 0 rings (SSSR count). The fourth-order valence-corrected chi connectivity index (χ4v) is 1.95. The maximum absolute atomic E-state index is 8.48. The van der Waals surface area contributed by atoms with E-state index < -0.39 is 0 Å². The first-order valence-corrected chi connectivity index (χ1v) is 7.48. The van der Waals surface area contributed by atoms with Crippen LogP contribution in [0.15, 0.2) is 0 Å². The average Bonchev–Trinajstić information content (AvgIpc) is 2.21. The van der Waals surface area contributed by atoms with Crippen molar-refractivity contribution >= 4 is 22.5 Å². The summed E-state index contributed by atoms with van der Waals surface area (Å²) in [5.41, 5.74) is 0. The van der Waals surface area contributed by atoms with E-state index in [-0.39, 0.29) is 19.8 Å². The molecule has 0 aliphatic heterocycles. The zero-order chi connectivity index (χ0) is 11.9. The van der Waals surface area contributed by atoms with E-state index >= 15 is 0 Å². The summed E-state index contributed by atoms with van der Waals surface area (Å²) in [5, 5.41) is 25.5. The van der Waals surface area contributed by atoms with Crippen molar-refractivity contribution < 1.29 is 15.3 Å². The number of rotatable bonds is 8. The van der Waals surface area contributed by atoms with E-state index in [1.807, 2.05) is 0 Å². The number of aliphatic hydroxyl groups excluding tert-OH is 3. The first-order chi connectivity index (χ1) is 7.26. The fraction of sp³-hybridized carbons (Fsp3) is 1.00. The van der Waals surface area contributed by atoms with Crippen molar-refractivity contribution in [1.82, 2.24) is 4.90 Å². The third-order valence-corrected chi connectivity index (χ3v) is 2.79. The molecule has 0 aromatic rings. The Morgan fingerprint density at radius 1 is 0.933 bits per heavy atom. The molecule has 0 bridgehead atoms. The van der Waals surface area contributed by atoms with Crippen LogP contribution in [0.3, 0.4) is 0 Å². The molecule has 0 saturated heterocycles.